The van der Waals surface area contributed by atoms with E-state index in [9.17, 15) is 25.2 Å². The van der Waals surface area contributed by atoms with Crippen LogP contribution in [0, 0.1) is 0 Å². The van der Waals surface area contributed by atoms with Crippen LogP contribution in [0.4, 0.5) is 0 Å². The van der Waals surface area contributed by atoms with Crippen molar-refractivity contribution in [2.45, 2.75) is 237 Å². The minimum absolute atomic E-state index is 0.118. The zero-order valence-electron chi connectivity index (χ0n) is 37.7. The van der Waals surface area contributed by atoms with Crippen LogP contribution in [-0.4, -0.2) is 89.6 Å². The summed E-state index contributed by atoms with van der Waals surface area (Å²) in [5, 5.41) is 40.2. The van der Waals surface area contributed by atoms with Gasteiger partial charge in [-0.05, 0) is 51.4 Å². The van der Waals surface area contributed by atoms with Gasteiger partial charge in [0.15, 0.2) is 6.29 Å². The second-order valence-electron chi connectivity index (χ2n) is 16.5. The Bertz CT molecular complexity index is 1040. The molecule has 9 heteroatoms. The van der Waals surface area contributed by atoms with Crippen LogP contribution in [0.25, 0.3) is 0 Å². The first kappa shape index (κ1) is 55.2. The van der Waals surface area contributed by atoms with Gasteiger partial charge < -0.3 is 39.4 Å². The molecule has 6 atom stereocenters. The number of aliphatic hydroxyl groups excluding tert-OH is 4. The Hall–Kier alpha value is -1.85. The number of rotatable bonds is 41. The van der Waals surface area contributed by atoms with Gasteiger partial charge in [0.1, 0.15) is 30.5 Å². The number of allylic oxidation sites excluding steroid dienone is 8. The lowest BCUT2D eigenvalue weighted by molar-refractivity contribution is -0.305. The third-order valence-electron chi connectivity index (χ3n) is 11.0. The average molecular weight is 835 g/mol. The van der Waals surface area contributed by atoms with Crippen molar-refractivity contribution >= 4 is 5.97 Å². The third kappa shape index (κ3) is 32.5. The van der Waals surface area contributed by atoms with E-state index in [1.165, 1.54) is 109 Å². The highest BCUT2D eigenvalue weighted by atomic mass is 16.7. The summed E-state index contributed by atoms with van der Waals surface area (Å²) < 4.78 is 22.9. The van der Waals surface area contributed by atoms with Crippen molar-refractivity contribution in [1.29, 1.82) is 0 Å². The number of hydrogen-bond acceptors (Lipinski definition) is 9. The number of unbranched alkanes of at least 4 members (excludes halogenated alkanes) is 22. The molecule has 1 saturated heterocycles. The van der Waals surface area contributed by atoms with E-state index < -0.39 is 43.4 Å². The molecule has 9 nitrogen and oxygen atoms in total. The Morgan fingerprint density at radius 2 is 1.03 bits per heavy atom. The largest absolute Gasteiger partial charge is 0.457 e. The Morgan fingerprint density at radius 3 is 1.56 bits per heavy atom. The molecule has 0 radical (unpaired) electrons. The van der Waals surface area contributed by atoms with Gasteiger partial charge in [-0.1, -0.05) is 191 Å². The van der Waals surface area contributed by atoms with Gasteiger partial charge in [-0.25, -0.2) is 0 Å². The summed E-state index contributed by atoms with van der Waals surface area (Å²) in [5.41, 5.74) is 0. The van der Waals surface area contributed by atoms with Gasteiger partial charge >= 0.3 is 5.97 Å². The van der Waals surface area contributed by atoms with E-state index in [1.54, 1.807) is 0 Å². The second-order valence-corrected chi connectivity index (χ2v) is 16.5. The van der Waals surface area contributed by atoms with Crippen LogP contribution in [0.1, 0.15) is 200 Å². The molecule has 1 rings (SSSR count). The van der Waals surface area contributed by atoms with E-state index >= 15 is 0 Å². The minimum Gasteiger partial charge on any atom is -0.457 e. The zero-order valence-corrected chi connectivity index (χ0v) is 37.7. The lowest BCUT2D eigenvalue weighted by Crippen LogP contribution is -2.59. The predicted octanol–water partition coefficient (Wildman–Crippen LogP) is 11.3. The van der Waals surface area contributed by atoms with Crippen molar-refractivity contribution in [1.82, 2.24) is 0 Å². The Kier molecular flexibility index (Phi) is 38.8. The Labute approximate surface area is 361 Å². The second kappa shape index (κ2) is 41.5. The van der Waals surface area contributed by atoms with Crippen molar-refractivity contribution in [3.8, 4) is 0 Å². The standard InChI is InChI=1S/C50H90O9/c1-3-5-7-9-11-13-15-17-19-21-22-23-25-27-29-31-33-35-37-39-46(52)58-44(43-57-50-49(55)48(54)47(53)45(41-51)59-50)42-56-40-38-36-34-32-30-28-26-24-20-18-16-14-12-10-8-6-4-2/h5,7,11,13,17,19,22-23,44-45,47-51,53-55H,3-4,6,8-10,12,14-16,18,20-21,24-43H2,1-2H3/b7-5-,13-11-,19-17-,23-22-. The molecule has 0 aromatic rings. The molecule has 59 heavy (non-hydrogen) atoms. The highest BCUT2D eigenvalue weighted by Gasteiger charge is 2.44. The molecular formula is C50H90O9. The first-order valence-corrected chi connectivity index (χ1v) is 24.2. The maximum absolute atomic E-state index is 12.8. The molecule has 0 amide bonds. The monoisotopic (exact) mass is 835 g/mol. The quantitative estimate of drug-likeness (QED) is 0.0270. The van der Waals surface area contributed by atoms with E-state index in [2.05, 4.69) is 62.5 Å². The molecule has 0 aliphatic carbocycles. The van der Waals surface area contributed by atoms with Crippen molar-refractivity contribution < 1.29 is 44.2 Å². The van der Waals surface area contributed by atoms with Gasteiger partial charge in [-0.15, -0.1) is 0 Å². The van der Waals surface area contributed by atoms with E-state index in [1.807, 2.05) is 0 Å². The summed E-state index contributed by atoms with van der Waals surface area (Å²) in [6.45, 7) is 4.45. The van der Waals surface area contributed by atoms with Gasteiger partial charge in [0.25, 0.3) is 0 Å². The fraction of sp³-hybridized carbons (Fsp3) is 0.820. The predicted molar refractivity (Wildman–Crippen MR) is 242 cm³/mol. The van der Waals surface area contributed by atoms with E-state index in [-0.39, 0.29) is 19.2 Å². The molecule has 1 heterocycles. The fourth-order valence-corrected chi connectivity index (χ4v) is 7.25. The lowest BCUT2D eigenvalue weighted by Gasteiger charge is -2.39. The number of carbonyl (C=O) groups excluding carboxylic acids is 1. The molecule has 6 unspecified atom stereocenters. The van der Waals surface area contributed by atoms with Crippen molar-refractivity contribution in [3.05, 3.63) is 48.6 Å². The number of aliphatic hydroxyl groups is 4. The first-order chi connectivity index (χ1) is 28.9. The molecule has 344 valence electrons. The van der Waals surface area contributed by atoms with Crippen LogP contribution < -0.4 is 0 Å². The molecule has 0 saturated carbocycles. The molecule has 0 aromatic carbocycles. The number of esters is 1. The van der Waals surface area contributed by atoms with Gasteiger partial charge in [0.2, 0.25) is 0 Å². The summed E-state index contributed by atoms with van der Waals surface area (Å²) in [4.78, 5) is 12.8. The van der Waals surface area contributed by atoms with E-state index in [0.717, 1.165) is 70.6 Å². The van der Waals surface area contributed by atoms with Crippen LogP contribution in [0.3, 0.4) is 0 Å². The molecule has 0 aromatic heterocycles. The fourth-order valence-electron chi connectivity index (χ4n) is 7.25. The van der Waals surface area contributed by atoms with Crippen LogP contribution in [-0.2, 0) is 23.7 Å². The van der Waals surface area contributed by atoms with Crippen molar-refractivity contribution in [2.75, 3.05) is 26.4 Å². The number of carbonyl (C=O) groups is 1. The lowest BCUT2D eigenvalue weighted by atomic mass is 9.99. The van der Waals surface area contributed by atoms with E-state index in [4.69, 9.17) is 18.9 Å². The minimum atomic E-state index is -1.54. The van der Waals surface area contributed by atoms with Crippen LogP contribution in [0.5, 0.6) is 0 Å². The SMILES string of the molecule is CC/C=C\C/C=C\C/C=C\C/C=C\CCCCCCCCC(=O)OC(COCCCCCCCCCCCCCCCCCCC)COC1OC(CO)C(O)C(O)C1O. The normalized spacial score (nSPS) is 20.5. The molecule has 1 aliphatic rings. The smallest absolute Gasteiger partial charge is 0.306 e. The Morgan fingerprint density at radius 1 is 0.559 bits per heavy atom. The van der Waals surface area contributed by atoms with Gasteiger partial charge in [0.05, 0.1) is 19.8 Å². The van der Waals surface area contributed by atoms with E-state index in [0.29, 0.717) is 13.0 Å². The average Bonchev–Trinajstić information content (AvgIpc) is 3.24. The summed E-state index contributed by atoms with van der Waals surface area (Å²) >= 11 is 0. The maximum Gasteiger partial charge on any atom is 0.306 e. The number of ether oxygens (including phenoxy) is 4. The summed E-state index contributed by atoms with van der Waals surface area (Å²) in [5.74, 6) is -0.326. The molecule has 1 fully saturated rings. The maximum atomic E-state index is 12.8. The van der Waals surface area contributed by atoms with Gasteiger partial charge in [0, 0.05) is 13.0 Å². The van der Waals surface area contributed by atoms with Crippen LogP contribution in [0.2, 0.25) is 0 Å². The zero-order chi connectivity index (χ0) is 42.9. The van der Waals surface area contributed by atoms with Gasteiger partial charge in [-0.3, -0.25) is 4.79 Å². The third-order valence-corrected chi connectivity index (χ3v) is 11.0. The molecule has 1 aliphatic heterocycles. The van der Waals surface area contributed by atoms with Crippen molar-refractivity contribution in [2.24, 2.45) is 0 Å². The van der Waals surface area contributed by atoms with Gasteiger partial charge in [-0.2, -0.15) is 0 Å². The molecule has 0 spiro atoms. The van der Waals surface area contributed by atoms with Crippen LogP contribution in [0.15, 0.2) is 48.6 Å². The Balaban J connectivity index is 2.24. The summed E-state index contributed by atoms with van der Waals surface area (Å²) in [6, 6.07) is 0. The number of hydrogen-bond donors (Lipinski definition) is 4. The highest BCUT2D eigenvalue weighted by Crippen LogP contribution is 2.23. The highest BCUT2D eigenvalue weighted by molar-refractivity contribution is 5.69. The summed E-state index contributed by atoms with van der Waals surface area (Å²) in [7, 11) is 0. The molecular weight excluding hydrogens is 745 g/mol. The first-order valence-electron chi connectivity index (χ1n) is 24.2. The van der Waals surface area contributed by atoms with Crippen molar-refractivity contribution in [3.63, 3.8) is 0 Å². The van der Waals surface area contributed by atoms with Crippen LogP contribution >= 0.6 is 0 Å². The summed E-state index contributed by atoms with van der Waals surface area (Å²) in [6.07, 6.45) is 44.2. The molecule has 0 bridgehead atoms. The topological polar surface area (TPSA) is 135 Å². The molecule has 4 N–H and O–H groups in total.